The van der Waals surface area contributed by atoms with Gasteiger partial charge in [0.05, 0.1) is 6.54 Å². The van der Waals surface area contributed by atoms with Crippen LogP contribution in [0.3, 0.4) is 0 Å². The molecule has 0 radical (unpaired) electrons. The van der Waals surface area contributed by atoms with Gasteiger partial charge in [0.25, 0.3) is 0 Å². The third-order valence-corrected chi connectivity index (χ3v) is 2.64. The summed E-state index contributed by atoms with van der Waals surface area (Å²) in [6, 6.07) is -2.04. The molecular formula is C9H13NO6. The molecule has 0 bridgehead atoms. The highest BCUT2D eigenvalue weighted by Crippen LogP contribution is 2.23. The topological polar surface area (TPSA) is 115 Å². The molecule has 0 spiro atoms. The number of piperidine rings is 1. The van der Waals surface area contributed by atoms with Crippen LogP contribution in [-0.2, 0) is 14.4 Å². The van der Waals surface area contributed by atoms with Crippen LogP contribution in [0.5, 0.6) is 0 Å². The van der Waals surface area contributed by atoms with Gasteiger partial charge in [-0.1, -0.05) is 0 Å². The monoisotopic (exact) mass is 231 g/mol. The van der Waals surface area contributed by atoms with Gasteiger partial charge in [-0.3, -0.25) is 19.3 Å². The van der Waals surface area contributed by atoms with Gasteiger partial charge in [-0.2, -0.15) is 0 Å². The van der Waals surface area contributed by atoms with Crippen LogP contribution in [0, 0.1) is 0 Å². The second kappa shape index (κ2) is 4.93. The van der Waals surface area contributed by atoms with Crippen LogP contribution in [0.2, 0.25) is 0 Å². The Hall–Kier alpha value is -1.63. The van der Waals surface area contributed by atoms with Crippen LogP contribution < -0.4 is 0 Å². The molecule has 1 heterocycles. The van der Waals surface area contributed by atoms with Crippen molar-refractivity contribution in [3.05, 3.63) is 0 Å². The third-order valence-electron chi connectivity index (χ3n) is 2.64. The molecule has 1 aliphatic rings. The first-order chi connectivity index (χ1) is 7.43. The Labute approximate surface area is 91.3 Å². The van der Waals surface area contributed by atoms with E-state index in [-0.39, 0.29) is 12.8 Å². The molecule has 0 aliphatic carbocycles. The minimum Gasteiger partial charge on any atom is -0.480 e. The van der Waals surface area contributed by atoms with Gasteiger partial charge < -0.3 is 15.3 Å². The zero-order chi connectivity index (χ0) is 12.3. The van der Waals surface area contributed by atoms with E-state index in [2.05, 4.69) is 0 Å². The Bertz CT molecular complexity index is 293. The number of rotatable bonds is 4. The molecule has 3 N–H and O–H groups in total. The Balaban J connectivity index is 2.88. The number of carboxylic acid groups (broad SMARTS) is 3. The van der Waals surface area contributed by atoms with Gasteiger partial charge >= 0.3 is 17.9 Å². The van der Waals surface area contributed by atoms with Crippen LogP contribution in [0.25, 0.3) is 0 Å². The van der Waals surface area contributed by atoms with Crippen molar-refractivity contribution in [2.24, 2.45) is 0 Å². The van der Waals surface area contributed by atoms with Gasteiger partial charge in [-0.15, -0.1) is 0 Å². The van der Waals surface area contributed by atoms with E-state index in [1.54, 1.807) is 0 Å². The first-order valence-electron chi connectivity index (χ1n) is 4.86. The standard InChI is InChI=1S/C9H13NO6/c11-7(12)4-10-5(8(13)14)2-1-3-6(10)9(15)16/h5-6H,1-4H2,(H,11,12)(H,13,14)(H,15,16). The zero-order valence-electron chi connectivity index (χ0n) is 8.50. The van der Waals surface area contributed by atoms with E-state index in [1.807, 2.05) is 0 Å². The maximum Gasteiger partial charge on any atom is 0.320 e. The van der Waals surface area contributed by atoms with Crippen molar-refractivity contribution in [3.8, 4) is 0 Å². The van der Waals surface area contributed by atoms with Crippen LogP contribution in [0.4, 0.5) is 0 Å². The normalized spacial score (nSPS) is 26.2. The molecule has 7 heteroatoms. The highest BCUT2D eigenvalue weighted by Gasteiger charge is 2.39. The largest absolute Gasteiger partial charge is 0.480 e. The molecule has 16 heavy (non-hydrogen) atoms. The first-order valence-corrected chi connectivity index (χ1v) is 4.86. The van der Waals surface area contributed by atoms with Gasteiger partial charge in [0.15, 0.2) is 0 Å². The summed E-state index contributed by atoms with van der Waals surface area (Å²) in [6.45, 7) is -0.562. The fraction of sp³-hybridized carbons (Fsp3) is 0.667. The Morgan fingerprint density at radius 1 is 1.00 bits per heavy atom. The van der Waals surface area contributed by atoms with E-state index in [1.165, 1.54) is 0 Å². The van der Waals surface area contributed by atoms with Crippen molar-refractivity contribution >= 4 is 17.9 Å². The Kier molecular flexibility index (Phi) is 3.83. The lowest BCUT2D eigenvalue weighted by Crippen LogP contribution is -2.55. The fourth-order valence-electron chi connectivity index (χ4n) is 1.96. The molecule has 7 nitrogen and oxygen atoms in total. The zero-order valence-corrected chi connectivity index (χ0v) is 8.50. The van der Waals surface area contributed by atoms with Crippen LogP contribution in [-0.4, -0.2) is 56.8 Å². The number of carbonyl (C=O) groups is 3. The van der Waals surface area contributed by atoms with Gasteiger partial charge in [0.1, 0.15) is 12.1 Å². The van der Waals surface area contributed by atoms with E-state index in [0.717, 1.165) is 4.90 Å². The molecule has 2 unspecified atom stereocenters. The number of carboxylic acids is 3. The van der Waals surface area contributed by atoms with E-state index in [9.17, 15) is 14.4 Å². The summed E-state index contributed by atoms with van der Waals surface area (Å²) < 4.78 is 0. The van der Waals surface area contributed by atoms with Crippen molar-refractivity contribution in [1.82, 2.24) is 4.90 Å². The average Bonchev–Trinajstić information content (AvgIpc) is 2.16. The van der Waals surface area contributed by atoms with Crippen molar-refractivity contribution in [2.75, 3.05) is 6.54 Å². The minimum atomic E-state index is -1.22. The number of likely N-dealkylation sites (tertiary alicyclic amines) is 1. The van der Waals surface area contributed by atoms with E-state index < -0.39 is 36.5 Å². The quantitative estimate of drug-likeness (QED) is 0.595. The summed E-state index contributed by atoms with van der Waals surface area (Å²) in [5.74, 6) is -3.57. The molecule has 0 amide bonds. The SMILES string of the molecule is O=C(O)CN1C(C(=O)O)CCCC1C(=O)O. The Morgan fingerprint density at radius 3 is 1.75 bits per heavy atom. The van der Waals surface area contributed by atoms with Gasteiger partial charge in [0.2, 0.25) is 0 Å². The number of hydrogen-bond acceptors (Lipinski definition) is 4. The maximum atomic E-state index is 10.9. The van der Waals surface area contributed by atoms with Crippen LogP contribution >= 0.6 is 0 Å². The fourth-order valence-corrected chi connectivity index (χ4v) is 1.96. The first kappa shape index (κ1) is 12.4. The number of nitrogens with zero attached hydrogens (tertiary/aromatic N) is 1. The predicted octanol–water partition coefficient (Wildman–Crippen LogP) is -0.537. The number of aliphatic carboxylic acids is 3. The van der Waals surface area contributed by atoms with Gasteiger partial charge in [-0.25, -0.2) is 0 Å². The smallest absolute Gasteiger partial charge is 0.320 e. The van der Waals surface area contributed by atoms with Gasteiger partial charge in [-0.05, 0) is 19.3 Å². The second-order valence-electron chi connectivity index (χ2n) is 3.71. The molecule has 0 aromatic heterocycles. The Morgan fingerprint density at radius 2 is 1.44 bits per heavy atom. The predicted molar refractivity (Wildman–Crippen MR) is 51.0 cm³/mol. The summed E-state index contributed by atoms with van der Waals surface area (Å²) in [7, 11) is 0. The van der Waals surface area contributed by atoms with Gasteiger partial charge in [0, 0.05) is 0 Å². The van der Waals surface area contributed by atoms with Crippen LogP contribution in [0.1, 0.15) is 19.3 Å². The molecule has 1 saturated heterocycles. The summed E-state index contributed by atoms with van der Waals surface area (Å²) in [4.78, 5) is 33.4. The molecule has 0 saturated carbocycles. The van der Waals surface area contributed by atoms with Crippen LogP contribution in [0.15, 0.2) is 0 Å². The molecule has 0 aromatic rings. The maximum absolute atomic E-state index is 10.9. The van der Waals surface area contributed by atoms with E-state index >= 15 is 0 Å². The van der Waals surface area contributed by atoms with Crippen molar-refractivity contribution in [3.63, 3.8) is 0 Å². The molecule has 0 aromatic carbocycles. The lowest BCUT2D eigenvalue weighted by atomic mass is 9.95. The molecule has 1 fully saturated rings. The molecule has 90 valence electrons. The average molecular weight is 231 g/mol. The van der Waals surface area contributed by atoms with Crippen molar-refractivity contribution < 1.29 is 29.7 Å². The molecule has 1 aliphatic heterocycles. The number of hydrogen-bond donors (Lipinski definition) is 3. The lowest BCUT2D eigenvalue weighted by molar-refractivity contribution is -0.156. The lowest BCUT2D eigenvalue weighted by Gasteiger charge is -2.36. The highest BCUT2D eigenvalue weighted by atomic mass is 16.4. The summed E-state index contributed by atoms with van der Waals surface area (Å²) in [6.07, 6.45) is 1.04. The second-order valence-corrected chi connectivity index (χ2v) is 3.71. The summed E-state index contributed by atoms with van der Waals surface area (Å²) in [5.41, 5.74) is 0. The van der Waals surface area contributed by atoms with Crippen molar-refractivity contribution in [1.29, 1.82) is 0 Å². The third kappa shape index (κ3) is 2.69. The highest BCUT2D eigenvalue weighted by molar-refractivity contribution is 5.80. The van der Waals surface area contributed by atoms with Crippen molar-refractivity contribution in [2.45, 2.75) is 31.3 Å². The molecule has 1 rings (SSSR count). The minimum absolute atomic E-state index is 0.284. The van der Waals surface area contributed by atoms with E-state index in [0.29, 0.717) is 6.42 Å². The summed E-state index contributed by atoms with van der Waals surface area (Å²) in [5, 5.41) is 26.4. The summed E-state index contributed by atoms with van der Waals surface area (Å²) >= 11 is 0. The van der Waals surface area contributed by atoms with E-state index in [4.69, 9.17) is 15.3 Å². The molecule has 2 atom stereocenters. The molecular weight excluding hydrogens is 218 g/mol.